The van der Waals surface area contributed by atoms with Gasteiger partial charge in [0.05, 0.1) is 79.6 Å². The van der Waals surface area contributed by atoms with Gasteiger partial charge in [-0.1, -0.05) is 58.2 Å². The summed E-state index contributed by atoms with van der Waals surface area (Å²) in [6, 6.07) is 16.3. The standard InChI is InChI=1S/C18H19ClN2O7S.C10H11ClN2O3.C10H12N2O3.C8H9ClO4S.CH4.I9/c1-24-9-10-8-13(27-4)14-16(15(10)19)28-20-18(14)21-29(22,23)17-11(25-2)6-5-7-12(17)26-3;1-14-4-5-3-6(15-2)7-9(8(5)11)16-13-10(7)12;1-13-5-6-3-7(14-2)9-8(4-6)15-12-10(9)11;1-12-6-4-3-5-7(13-2)8(6)14(9,10)11;;1-6-8(4)9(5)7(2)3/h5-8H,9H2,1-4H3,(H,20,21);3H,4H2,1-2H3,(H2,12,13);3-4H,5H2,1-2H3,(H2,11,12);3-5H,1-2H3;1H4;/q;;;;;-1. The average Bonchev–Trinajstić information content (AvgIpc) is 2.55. The minimum absolute atomic E-state index is 0. The van der Waals surface area contributed by atoms with E-state index in [2.05, 4.69) is 113 Å². The Balaban J connectivity index is 0.000000291. The Morgan fingerprint density at radius 2 is 0.976 bits per heavy atom. The van der Waals surface area contributed by atoms with Gasteiger partial charge in [-0.15, -0.1) is 0 Å². The molecule has 0 fully saturated rings. The summed E-state index contributed by atoms with van der Waals surface area (Å²) < 4.78 is 118. The SMILES string of the molecule is C.COCc1cc(OC)c2c(N)noc2c1.COCc1cc(OC)c2c(N)noc2c1Cl.COCc1cc(OC)c2c(NS(=O)(=O)c3c(OC)cccc3OC)noc2c1Cl.COc1cccc(OC)c1S(=O)(=O)Cl.I[I-]I(I)I(I)I(I)I. The second-order valence-electron chi connectivity index (χ2n) is 15.2. The van der Waals surface area contributed by atoms with Crippen molar-refractivity contribution in [2.75, 3.05) is 87.3 Å². The van der Waals surface area contributed by atoms with Crippen LogP contribution in [0.4, 0.5) is 17.5 Å². The number of hydrogen-bond acceptors (Lipinski definition) is 22. The fourth-order valence-electron chi connectivity index (χ4n) is 7.04. The number of benzene rings is 5. The van der Waals surface area contributed by atoms with Crippen molar-refractivity contribution >= 4 is 220 Å². The number of halogens is 12. The number of rotatable bonds is 20. The van der Waals surface area contributed by atoms with Gasteiger partial charge in [0.1, 0.15) is 56.4 Å². The molecule has 0 aliphatic heterocycles. The van der Waals surface area contributed by atoms with Gasteiger partial charge in [-0.25, -0.2) is 16.8 Å². The zero-order valence-electron chi connectivity index (χ0n) is 44.7. The first-order valence-corrected chi connectivity index (χ1v) is 76.9. The van der Waals surface area contributed by atoms with E-state index in [1.807, 2.05) is 12.1 Å². The normalized spacial score (nSPS) is 11.5. The summed E-state index contributed by atoms with van der Waals surface area (Å²) in [5.41, 5.74) is 14.9. The van der Waals surface area contributed by atoms with E-state index < -0.39 is 19.1 Å². The monoisotopic (exact) mass is 2290 g/mol. The number of fused-ring (bicyclic) bond motifs is 3. The van der Waals surface area contributed by atoms with E-state index in [1.54, 1.807) is 52.7 Å². The van der Waals surface area contributed by atoms with Gasteiger partial charge in [0.2, 0.25) is 0 Å². The number of aromatic nitrogens is 3. The molecule has 37 heteroatoms. The molecule has 472 valence electrons. The molecule has 0 bridgehead atoms. The molecule has 0 saturated carbocycles. The Kier molecular flexibility index (Phi) is 35.2. The van der Waals surface area contributed by atoms with Crippen molar-refractivity contribution in [3.63, 3.8) is 0 Å². The topological polar surface area (TPSA) is 303 Å². The number of nitrogens with two attached hydrogens (primary N) is 2. The molecule has 0 spiro atoms. The molecule has 0 radical (unpaired) electrons. The molecular weight excluding hydrogens is 2230 g/mol. The molecule has 0 atom stereocenters. The summed E-state index contributed by atoms with van der Waals surface area (Å²) in [6.07, 6.45) is 0. The maximum atomic E-state index is 13.1. The van der Waals surface area contributed by atoms with Gasteiger partial charge in [-0.3, -0.25) is 4.72 Å². The van der Waals surface area contributed by atoms with Crippen molar-refractivity contribution in [2.45, 2.75) is 37.0 Å². The summed E-state index contributed by atoms with van der Waals surface area (Å²) in [4.78, 5) is -0.325. The van der Waals surface area contributed by atoms with Gasteiger partial charge < -0.3 is 72.4 Å². The van der Waals surface area contributed by atoms with Gasteiger partial charge in [-0.05, 0) is 54.1 Å². The predicted molar refractivity (Wildman–Crippen MR) is 394 cm³/mol. The third-order valence-corrected chi connectivity index (χ3v) is 427. The molecular formula is C47H55Cl3I9N6O17S2-. The van der Waals surface area contributed by atoms with Crippen LogP contribution in [0.5, 0.6) is 40.2 Å². The van der Waals surface area contributed by atoms with Crippen LogP contribution in [0.3, 0.4) is 0 Å². The van der Waals surface area contributed by atoms with E-state index in [4.69, 9.17) is 106 Å². The van der Waals surface area contributed by atoms with Crippen molar-refractivity contribution in [3.05, 3.63) is 87.4 Å². The van der Waals surface area contributed by atoms with Crippen molar-refractivity contribution in [1.82, 2.24) is 15.5 Å². The van der Waals surface area contributed by atoms with Crippen LogP contribution in [-0.4, -0.2) is 103 Å². The van der Waals surface area contributed by atoms with Crippen LogP contribution in [-0.2, 0) is 53.1 Å². The minimum atomic E-state index is -4.16. The molecule has 0 aliphatic rings. The van der Waals surface area contributed by atoms with Crippen LogP contribution in [0.25, 0.3) is 32.9 Å². The van der Waals surface area contributed by atoms with E-state index in [0.717, 1.165) is 11.1 Å². The van der Waals surface area contributed by atoms with Crippen molar-refractivity contribution in [1.29, 1.82) is 0 Å². The Labute approximate surface area is 568 Å². The summed E-state index contributed by atoms with van der Waals surface area (Å²) >= 11 is 27.1. The Morgan fingerprint density at radius 1 is 0.571 bits per heavy atom. The summed E-state index contributed by atoms with van der Waals surface area (Å²) in [5.74, 6) is 2.61. The van der Waals surface area contributed by atoms with Crippen LogP contribution >= 0.6 is 151 Å². The van der Waals surface area contributed by atoms with Gasteiger partial charge in [0, 0.05) is 43.1 Å². The molecule has 0 saturated heterocycles. The number of ether oxygens (including phenoxy) is 10. The third-order valence-electron chi connectivity index (χ3n) is 10.4. The number of nitrogens with zero attached hydrogens (tertiary/aromatic N) is 3. The number of nitrogens with one attached hydrogen (secondary N) is 1. The zero-order valence-corrected chi connectivity index (χ0v) is 68.0. The van der Waals surface area contributed by atoms with E-state index in [9.17, 15) is 16.8 Å². The van der Waals surface area contributed by atoms with E-state index >= 15 is 0 Å². The van der Waals surface area contributed by atoms with Crippen molar-refractivity contribution in [3.8, 4) is 40.2 Å². The van der Waals surface area contributed by atoms with Crippen LogP contribution < -0.4 is 62.6 Å². The predicted octanol–water partition coefficient (Wildman–Crippen LogP) is 13.6. The van der Waals surface area contributed by atoms with Crippen LogP contribution in [0.1, 0.15) is 24.1 Å². The molecule has 8 rings (SSSR count). The molecule has 0 amide bonds. The first kappa shape index (κ1) is 78.0. The molecule has 5 aromatic carbocycles. The van der Waals surface area contributed by atoms with Gasteiger partial charge in [-0.2, -0.15) is 0 Å². The van der Waals surface area contributed by atoms with E-state index in [-0.39, 0.29) is 98.1 Å². The summed E-state index contributed by atoms with van der Waals surface area (Å²) in [5, 5.41) is 13.4. The fraction of sp³-hybridized carbons (Fsp3) is 0.298. The second-order valence-corrected chi connectivity index (χ2v) is 183. The number of anilines is 3. The van der Waals surface area contributed by atoms with Crippen molar-refractivity contribution < 1.29 is 91.0 Å². The second kappa shape index (κ2) is 37.9. The Morgan fingerprint density at radius 3 is 1.39 bits per heavy atom. The summed E-state index contributed by atoms with van der Waals surface area (Å²) in [7, 11) is 11.2. The third kappa shape index (κ3) is 20.6. The first-order valence-electron chi connectivity index (χ1n) is 22.1. The van der Waals surface area contributed by atoms with E-state index in [0.29, 0.717) is 82.1 Å². The average molecular weight is 2290 g/mol. The fourth-order valence-corrected chi connectivity index (χ4v) is 639. The Hall–Kier alpha value is -0.270. The number of sulfonamides is 1. The molecule has 0 unspecified atom stereocenters. The van der Waals surface area contributed by atoms with Gasteiger partial charge in [0.25, 0.3) is 19.1 Å². The number of methoxy groups -OCH3 is 10. The molecule has 84 heavy (non-hydrogen) atoms. The molecule has 0 aliphatic carbocycles. The van der Waals surface area contributed by atoms with Gasteiger partial charge in [0.15, 0.2) is 44.0 Å². The zero-order chi connectivity index (χ0) is 61.9. The van der Waals surface area contributed by atoms with Crippen LogP contribution in [0.2, 0.25) is 10.0 Å². The number of nitrogen functional groups attached to an aromatic ring is 2. The van der Waals surface area contributed by atoms with E-state index in [1.165, 1.54) is 66.9 Å². The maximum absolute atomic E-state index is 13.1. The van der Waals surface area contributed by atoms with Gasteiger partial charge >= 0.3 is 130 Å². The summed E-state index contributed by atoms with van der Waals surface area (Å²) in [6.45, 7) is 1.07. The van der Waals surface area contributed by atoms with Crippen LogP contribution in [0.15, 0.2) is 84.0 Å². The Bertz CT molecular complexity index is 3630. The quantitative estimate of drug-likeness (QED) is 0.0472. The number of hydrogen-bond donors (Lipinski definition) is 3. The molecule has 3 heterocycles. The van der Waals surface area contributed by atoms with Crippen LogP contribution in [0, 0.1) is 0 Å². The molecule has 8 aromatic rings. The molecule has 5 N–H and O–H groups in total. The first-order chi connectivity index (χ1) is 39.4. The van der Waals surface area contributed by atoms with Crippen molar-refractivity contribution in [2.24, 2.45) is 0 Å². The molecule has 23 nitrogen and oxygen atoms in total. The molecule has 3 aromatic heterocycles.